The first-order valence-electron chi connectivity index (χ1n) is 11.3. The van der Waals surface area contributed by atoms with E-state index >= 15 is 0 Å². The number of methoxy groups -OCH3 is 2. The molecule has 0 radical (unpaired) electrons. The standard InChI is InChI=1S/C25H31N3O4/c1-31-20-14-18(15-21(17-20)32-2)24(29)26-19-8-9-23(27-10-4-3-5-11-27)22(16-19)25(30)28-12-6-7-13-28/h8-9,14-17H,3-7,10-13H2,1-2H3,(H,26,29). The molecule has 170 valence electrons. The summed E-state index contributed by atoms with van der Waals surface area (Å²) in [5.41, 5.74) is 2.64. The summed E-state index contributed by atoms with van der Waals surface area (Å²) in [6, 6.07) is 10.7. The lowest BCUT2D eigenvalue weighted by Crippen LogP contribution is -2.34. The van der Waals surface area contributed by atoms with Gasteiger partial charge in [0, 0.05) is 49.2 Å². The molecule has 7 nitrogen and oxygen atoms in total. The quantitative estimate of drug-likeness (QED) is 0.734. The third-order valence-corrected chi connectivity index (χ3v) is 6.19. The van der Waals surface area contributed by atoms with Gasteiger partial charge in [-0.05, 0) is 62.4 Å². The summed E-state index contributed by atoms with van der Waals surface area (Å²) >= 11 is 0. The van der Waals surface area contributed by atoms with E-state index in [1.54, 1.807) is 32.4 Å². The molecule has 0 aliphatic carbocycles. The molecule has 2 heterocycles. The zero-order valence-corrected chi connectivity index (χ0v) is 18.9. The number of hydrogen-bond acceptors (Lipinski definition) is 5. The van der Waals surface area contributed by atoms with Crippen LogP contribution in [0, 0.1) is 0 Å². The van der Waals surface area contributed by atoms with Crippen LogP contribution in [0.1, 0.15) is 52.8 Å². The SMILES string of the molecule is COc1cc(OC)cc(C(=O)Nc2ccc(N3CCCCC3)c(C(=O)N3CCCC3)c2)c1. The van der Waals surface area contributed by atoms with Crippen LogP contribution in [0.5, 0.6) is 11.5 Å². The first-order chi connectivity index (χ1) is 15.6. The van der Waals surface area contributed by atoms with Crippen molar-refractivity contribution >= 4 is 23.2 Å². The maximum Gasteiger partial charge on any atom is 0.256 e. The van der Waals surface area contributed by atoms with Crippen LogP contribution in [-0.4, -0.2) is 57.1 Å². The number of piperidine rings is 1. The van der Waals surface area contributed by atoms with E-state index in [9.17, 15) is 9.59 Å². The molecule has 1 N–H and O–H groups in total. The molecular weight excluding hydrogens is 406 g/mol. The van der Waals surface area contributed by atoms with Gasteiger partial charge in [-0.3, -0.25) is 9.59 Å². The molecule has 2 fully saturated rings. The minimum absolute atomic E-state index is 0.0437. The van der Waals surface area contributed by atoms with E-state index in [1.165, 1.54) is 6.42 Å². The Morgan fingerprint density at radius 2 is 1.44 bits per heavy atom. The molecule has 4 rings (SSSR count). The number of carbonyl (C=O) groups excluding carboxylic acids is 2. The molecule has 0 unspecified atom stereocenters. The first kappa shape index (κ1) is 22.0. The summed E-state index contributed by atoms with van der Waals surface area (Å²) in [4.78, 5) is 30.5. The van der Waals surface area contributed by atoms with Crippen LogP contribution in [0.15, 0.2) is 36.4 Å². The van der Waals surface area contributed by atoms with Gasteiger partial charge in [0.2, 0.25) is 0 Å². The summed E-state index contributed by atoms with van der Waals surface area (Å²) in [6.45, 7) is 3.49. The molecule has 2 aliphatic heterocycles. The van der Waals surface area contributed by atoms with Crippen LogP contribution < -0.4 is 19.7 Å². The van der Waals surface area contributed by atoms with E-state index in [2.05, 4.69) is 10.2 Å². The Kier molecular flexibility index (Phi) is 6.83. The molecule has 2 aromatic carbocycles. The Hall–Kier alpha value is -3.22. The molecule has 0 spiro atoms. The Balaban J connectivity index is 1.62. The van der Waals surface area contributed by atoms with Gasteiger partial charge in [-0.15, -0.1) is 0 Å². The summed E-state index contributed by atoms with van der Waals surface area (Å²) in [5.74, 6) is 0.842. The number of nitrogens with zero attached hydrogens (tertiary/aromatic N) is 2. The fourth-order valence-electron chi connectivity index (χ4n) is 4.43. The number of anilines is 2. The second-order valence-corrected chi connectivity index (χ2v) is 8.33. The fourth-order valence-corrected chi connectivity index (χ4v) is 4.43. The van der Waals surface area contributed by atoms with E-state index < -0.39 is 0 Å². The first-order valence-corrected chi connectivity index (χ1v) is 11.3. The summed E-state index contributed by atoms with van der Waals surface area (Å²) in [7, 11) is 3.10. The molecule has 0 bridgehead atoms. The van der Waals surface area contributed by atoms with Gasteiger partial charge in [-0.25, -0.2) is 0 Å². The van der Waals surface area contributed by atoms with Crippen LogP contribution >= 0.6 is 0 Å². The van der Waals surface area contributed by atoms with Gasteiger partial charge in [-0.1, -0.05) is 0 Å². The molecule has 2 saturated heterocycles. The van der Waals surface area contributed by atoms with Crippen molar-refractivity contribution in [1.82, 2.24) is 4.90 Å². The predicted molar refractivity (Wildman–Crippen MR) is 125 cm³/mol. The lowest BCUT2D eigenvalue weighted by Gasteiger charge is -2.31. The normalized spacial score (nSPS) is 16.1. The largest absolute Gasteiger partial charge is 0.497 e. The van der Waals surface area contributed by atoms with Gasteiger partial charge in [0.1, 0.15) is 11.5 Å². The molecule has 0 saturated carbocycles. The van der Waals surface area contributed by atoms with Crippen molar-refractivity contribution in [2.75, 3.05) is 50.6 Å². The van der Waals surface area contributed by atoms with E-state index in [1.807, 2.05) is 23.1 Å². The molecule has 2 amide bonds. The van der Waals surface area contributed by atoms with Gasteiger partial charge >= 0.3 is 0 Å². The van der Waals surface area contributed by atoms with Gasteiger partial charge < -0.3 is 24.6 Å². The van der Waals surface area contributed by atoms with Crippen molar-refractivity contribution in [3.63, 3.8) is 0 Å². The fraction of sp³-hybridized carbons (Fsp3) is 0.440. The molecule has 0 atom stereocenters. The number of likely N-dealkylation sites (tertiary alicyclic amines) is 1. The summed E-state index contributed by atoms with van der Waals surface area (Å²) in [5, 5.41) is 2.94. The Morgan fingerprint density at radius 3 is 2.06 bits per heavy atom. The van der Waals surface area contributed by atoms with Crippen LogP contribution in [0.3, 0.4) is 0 Å². The van der Waals surface area contributed by atoms with Crippen LogP contribution in [-0.2, 0) is 0 Å². The van der Waals surface area contributed by atoms with E-state index in [0.717, 1.165) is 57.5 Å². The monoisotopic (exact) mass is 437 g/mol. The second kappa shape index (κ2) is 9.94. The van der Waals surface area contributed by atoms with Crippen molar-refractivity contribution in [1.29, 1.82) is 0 Å². The van der Waals surface area contributed by atoms with Gasteiger partial charge in [-0.2, -0.15) is 0 Å². The topological polar surface area (TPSA) is 71.1 Å². The minimum Gasteiger partial charge on any atom is -0.497 e. The maximum absolute atomic E-state index is 13.3. The average Bonchev–Trinajstić information content (AvgIpc) is 3.38. The van der Waals surface area contributed by atoms with E-state index in [-0.39, 0.29) is 11.8 Å². The number of carbonyl (C=O) groups is 2. The number of hydrogen-bond donors (Lipinski definition) is 1. The van der Waals surface area contributed by atoms with E-state index in [4.69, 9.17) is 9.47 Å². The van der Waals surface area contributed by atoms with Crippen molar-refractivity contribution in [2.24, 2.45) is 0 Å². The third kappa shape index (κ3) is 4.82. The van der Waals surface area contributed by atoms with Crippen LogP contribution in [0.4, 0.5) is 11.4 Å². The number of ether oxygens (including phenoxy) is 2. The lowest BCUT2D eigenvalue weighted by atomic mass is 10.0. The van der Waals surface area contributed by atoms with Crippen LogP contribution in [0.25, 0.3) is 0 Å². The minimum atomic E-state index is -0.285. The molecule has 7 heteroatoms. The average molecular weight is 438 g/mol. The highest BCUT2D eigenvalue weighted by Gasteiger charge is 2.25. The number of rotatable bonds is 6. The predicted octanol–water partition coefficient (Wildman–Crippen LogP) is 4.18. The molecule has 2 aliphatic rings. The second-order valence-electron chi connectivity index (χ2n) is 8.33. The highest BCUT2D eigenvalue weighted by atomic mass is 16.5. The van der Waals surface area contributed by atoms with Gasteiger partial charge in [0.05, 0.1) is 19.8 Å². The zero-order chi connectivity index (χ0) is 22.5. The molecule has 0 aromatic heterocycles. The number of benzene rings is 2. The van der Waals surface area contributed by atoms with Gasteiger partial charge in [0.25, 0.3) is 11.8 Å². The Bertz CT molecular complexity index is 957. The summed E-state index contributed by atoms with van der Waals surface area (Å²) in [6.07, 6.45) is 5.57. The number of amides is 2. The summed E-state index contributed by atoms with van der Waals surface area (Å²) < 4.78 is 10.5. The Morgan fingerprint density at radius 1 is 0.812 bits per heavy atom. The van der Waals surface area contributed by atoms with E-state index in [0.29, 0.717) is 28.3 Å². The van der Waals surface area contributed by atoms with Crippen molar-refractivity contribution in [3.05, 3.63) is 47.5 Å². The zero-order valence-electron chi connectivity index (χ0n) is 18.9. The van der Waals surface area contributed by atoms with Crippen molar-refractivity contribution in [3.8, 4) is 11.5 Å². The smallest absolute Gasteiger partial charge is 0.256 e. The van der Waals surface area contributed by atoms with Crippen molar-refractivity contribution in [2.45, 2.75) is 32.1 Å². The van der Waals surface area contributed by atoms with Gasteiger partial charge in [0.15, 0.2) is 0 Å². The lowest BCUT2D eigenvalue weighted by molar-refractivity contribution is 0.0793. The highest BCUT2D eigenvalue weighted by Crippen LogP contribution is 2.30. The van der Waals surface area contributed by atoms with Crippen LogP contribution in [0.2, 0.25) is 0 Å². The molecular formula is C25H31N3O4. The molecule has 2 aromatic rings. The molecule has 32 heavy (non-hydrogen) atoms. The highest BCUT2D eigenvalue weighted by molar-refractivity contribution is 6.06. The maximum atomic E-state index is 13.3. The third-order valence-electron chi connectivity index (χ3n) is 6.19. The Labute approximate surface area is 189 Å². The number of nitrogens with one attached hydrogen (secondary N) is 1. The van der Waals surface area contributed by atoms with Crippen molar-refractivity contribution < 1.29 is 19.1 Å².